The van der Waals surface area contributed by atoms with E-state index >= 15 is 0 Å². The van der Waals surface area contributed by atoms with E-state index in [4.69, 9.17) is 4.74 Å². The number of hydrogen-bond donors (Lipinski definition) is 2. The number of nitrogens with one attached hydrogen (secondary N) is 1. The van der Waals surface area contributed by atoms with Gasteiger partial charge >= 0.3 is 0 Å². The molecule has 7 heteroatoms. The second kappa shape index (κ2) is 7.31. The molecule has 0 spiro atoms. The van der Waals surface area contributed by atoms with Gasteiger partial charge in [-0.2, -0.15) is 4.37 Å². The quantitative estimate of drug-likeness (QED) is 0.768. The molecule has 1 aliphatic heterocycles. The molecule has 0 aromatic carbocycles. The van der Waals surface area contributed by atoms with Crippen LogP contribution >= 0.6 is 11.7 Å². The number of hydrogen-bond acceptors (Lipinski definition) is 7. The van der Waals surface area contributed by atoms with E-state index < -0.39 is 6.10 Å². The van der Waals surface area contributed by atoms with Crippen molar-refractivity contribution in [2.75, 3.05) is 39.8 Å². The molecule has 114 valence electrons. The molecule has 1 aromatic rings. The highest BCUT2D eigenvalue weighted by Crippen LogP contribution is 2.29. The second-order valence-electron chi connectivity index (χ2n) is 5.96. The van der Waals surface area contributed by atoms with Gasteiger partial charge in [-0.1, -0.05) is 6.92 Å². The molecule has 1 aromatic heterocycles. The van der Waals surface area contributed by atoms with Gasteiger partial charge in [-0.05, 0) is 38.4 Å². The summed E-state index contributed by atoms with van der Waals surface area (Å²) in [5.41, 5.74) is 0.339. The Bertz CT molecular complexity index is 380. The molecule has 2 heterocycles. The van der Waals surface area contributed by atoms with Gasteiger partial charge in [-0.25, -0.2) is 0 Å². The summed E-state index contributed by atoms with van der Waals surface area (Å²) >= 11 is 1.10. The fourth-order valence-corrected chi connectivity index (χ4v) is 2.70. The molecule has 6 nitrogen and oxygen atoms in total. The fraction of sp³-hybridized carbons (Fsp3) is 0.846. The molecular formula is C13H24N4O2S. The highest BCUT2D eigenvalue weighted by molar-refractivity contribution is 6.99. The van der Waals surface area contributed by atoms with Crippen LogP contribution in [0.4, 0.5) is 0 Å². The Balaban J connectivity index is 1.60. The van der Waals surface area contributed by atoms with Gasteiger partial charge in [-0.15, -0.1) is 4.37 Å². The van der Waals surface area contributed by atoms with Gasteiger partial charge in [0.1, 0.15) is 18.9 Å². The molecule has 1 atom stereocenters. The maximum atomic E-state index is 9.86. The summed E-state index contributed by atoms with van der Waals surface area (Å²) in [6.07, 6.45) is 3.44. The van der Waals surface area contributed by atoms with E-state index in [1.165, 1.54) is 12.8 Å². The zero-order chi connectivity index (χ0) is 14.4. The lowest BCUT2D eigenvalue weighted by atomic mass is 9.80. The highest BCUT2D eigenvalue weighted by Gasteiger charge is 2.28. The molecule has 2 rings (SSSR count). The predicted molar refractivity (Wildman–Crippen MR) is 79.1 cm³/mol. The Morgan fingerprint density at radius 3 is 2.95 bits per heavy atom. The van der Waals surface area contributed by atoms with Gasteiger partial charge in [0.15, 0.2) is 0 Å². The van der Waals surface area contributed by atoms with Gasteiger partial charge in [0, 0.05) is 13.1 Å². The van der Waals surface area contributed by atoms with Crippen LogP contribution in [0.25, 0.3) is 0 Å². The average Bonchev–Trinajstić information content (AvgIpc) is 2.93. The Morgan fingerprint density at radius 2 is 2.30 bits per heavy atom. The number of aliphatic hydroxyl groups is 1. The number of likely N-dealkylation sites (tertiary alicyclic amines) is 1. The number of piperidine rings is 1. The van der Waals surface area contributed by atoms with E-state index in [0.717, 1.165) is 31.4 Å². The third-order valence-corrected chi connectivity index (χ3v) is 4.35. The van der Waals surface area contributed by atoms with E-state index in [2.05, 4.69) is 32.9 Å². The summed E-state index contributed by atoms with van der Waals surface area (Å²) in [7, 11) is 2.17. The van der Waals surface area contributed by atoms with Crippen LogP contribution in [0.2, 0.25) is 0 Å². The van der Waals surface area contributed by atoms with Gasteiger partial charge in [0.2, 0.25) is 5.88 Å². The van der Waals surface area contributed by atoms with Crippen molar-refractivity contribution in [2.24, 2.45) is 5.41 Å². The topological polar surface area (TPSA) is 70.5 Å². The summed E-state index contributed by atoms with van der Waals surface area (Å²) < 4.78 is 13.1. The van der Waals surface area contributed by atoms with Crippen molar-refractivity contribution in [2.45, 2.75) is 25.9 Å². The predicted octanol–water partition coefficient (Wildman–Crippen LogP) is 0.599. The van der Waals surface area contributed by atoms with Crippen molar-refractivity contribution < 1.29 is 9.84 Å². The van der Waals surface area contributed by atoms with E-state index in [1.807, 2.05) is 0 Å². The minimum Gasteiger partial charge on any atom is -0.473 e. The average molecular weight is 300 g/mol. The van der Waals surface area contributed by atoms with E-state index in [1.54, 1.807) is 6.20 Å². The monoisotopic (exact) mass is 300 g/mol. The molecule has 2 N–H and O–H groups in total. The fourth-order valence-electron chi connectivity index (χ4n) is 2.34. The van der Waals surface area contributed by atoms with Gasteiger partial charge in [0.05, 0.1) is 11.7 Å². The molecule has 1 unspecified atom stereocenters. The zero-order valence-corrected chi connectivity index (χ0v) is 13.0. The largest absolute Gasteiger partial charge is 0.473 e. The standard InChI is InChI=1S/C13H24N4O2S/c1-13(3-5-17(2)6-4-13)10-14-7-11(18)9-19-12-8-15-20-16-12/h8,11,14,18H,3-7,9-10H2,1-2H3. The van der Waals surface area contributed by atoms with Crippen LogP contribution in [-0.4, -0.2) is 64.7 Å². The smallest absolute Gasteiger partial charge is 0.245 e. The van der Waals surface area contributed by atoms with Crippen molar-refractivity contribution in [3.8, 4) is 5.88 Å². The van der Waals surface area contributed by atoms with Gasteiger partial charge in [0.25, 0.3) is 0 Å². The number of nitrogens with zero attached hydrogens (tertiary/aromatic N) is 3. The molecule has 1 aliphatic rings. The minimum absolute atomic E-state index is 0.248. The minimum atomic E-state index is -0.522. The van der Waals surface area contributed by atoms with Crippen LogP contribution in [-0.2, 0) is 0 Å². The maximum absolute atomic E-state index is 9.86. The molecule has 20 heavy (non-hydrogen) atoms. The van der Waals surface area contributed by atoms with Crippen LogP contribution < -0.4 is 10.1 Å². The molecule has 0 aliphatic carbocycles. The Hall–Kier alpha value is -0.760. The molecule has 0 radical (unpaired) electrons. The molecule has 0 bridgehead atoms. The first-order chi connectivity index (χ1) is 9.57. The van der Waals surface area contributed by atoms with Crippen LogP contribution in [0, 0.1) is 5.41 Å². The number of ether oxygens (including phenoxy) is 1. The Labute approximate surface area is 124 Å². The first kappa shape index (κ1) is 15.6. The van der Waals surface area contributed by atoms with Crippen LogP contribution in [0.3, 0.4) is 0 Å². The van der Waals surface area contributed by atoms with E-state index in [-0.39, 0.29) is 6.61 Å². The summed E-state index contributed by atoms with van der Waals surface area (Å²) in [5, 5.41) is 13.2. The van der Waals surface area contributed by atoms with Crippen molar-refractivity contribution in [3.05, 3.63) is 6.20 Å². The maximum Gasteiger partial charge on any atom is 0.245 e. The van der Waals surface area contributed by atoms with Gasteiger partial charge in [-0.3, -0.25) is 0 Å². The Morgan fingerprint density at radius 1 is 1.55 bits per heavy atom. The van der Waals surface area contributed by atoms with Crippen molar-refractivity contribution in [1.29, 1.82) is 0 Å². The second-order valence-corrected chi connectivity index (χ2v) is 6.51. The lowest BCUT2D eigenvalue weighted by Gasteiger charge is -2.38. The summed E-state index contributed by atoms with van der Waals surface area (Å²) in [5.74, 6) is 0.483. The normalized spacial score (nSPS) is 20.8. The lowest BCUT2D eigenvalue weighted by Crippen LogP contribution is -2.44. The first-order valence-corrected chi connectivity index (χ1v) is 7.78. The van der Waals surface area contributed by atoms with E-state index in [9.17, 15) is 5.11 Å². The first-order valence-electron chi connectivity index (χ1n) is 7.05. The summed E-state index contributed by atoms with van der Waals surface area (Å²) in [6.45, 7) is 6.36. The summed E-state index contributed by atoms with van der Waals surface area (Å²) in [6, 6.07) is 0. The zero-order valence-electron chi connectivity index (χ0n) is 12.2. The number of aromatic nitrogens is 2. The van der Waals surface area contributed by atoms with E-state index in [0.29, 0.717) is 17.8 Å². The number of aliphatic hydroxyl groups excluding tert-OH is 1. The van der Waals surface area contributed by atoms with Crippen LogP contribution in [0.5, 0.6) is 5.88 Å². The molecule has 1 fully saturated rings. The van der Waals surface area contributed by atoms with Crippen LogP contribution in [0.15, 0.2) is 6.20 Å². The van der Waals surface area contributed by atoms with Crippen molar-refractivity contribution >= 4 is 11.7 Å². The summed E-state index contributed by atoms with van der Waals surface area (Å²) in [4.78, 5) is 2.37. The van der Waals surface area contributed by atoms with Crippen molar-refractivity contribution in [3.63, 3.8) is 0 Å². The third kappa shape index (κ3) is 4.97. The highest BCUT2D eigenvalue weighted by atomic mass is 32.1. The molecule has 1 saturated heterocycles. The molecule has 0 saturated carbocycles. The SMILES string of the molecule is CN1CCC(C)(CNCC(O)COc2cnsn2)CC1. The lowest BCUT2D eigenvalue weighted by molar-refractivity contribution is 0.0930. The number of rotatable bonds is 7. The van der Waals surface area contributed by atoms with Crippen LogP contribution in [0.1, 0.15) is 19.8 Å². The Kier molecular flexibility index (Phi) is 5.71. The third-order valence-electron chi connectivity index (χ3n) is 3.89. The van der Waals surface area contributed by atoms with Gasteiger partial charge < -0.3 is 20.1 Å². The molecule has 0 amide bonds. The molecular weight excluding hydrogens is 276 g/mol. The van der Waals surface area contributed by atoms with Crippen molar-refractivity contribution in [1.82, 2.24) is 19.0 Å².